The Morgan fingerprint density at radius 3 is 2.62 bits per heavy atom. The average molecular weight is 226 g/mol. The Labute approximate surface area is 97.1 Å². The molecule has 2 aliphatic rings. The monoisotopic (exact) mass is 226 g/mol. The molecule has 92 valence electrons. The summed E-state index contributed by atoms with van der Waals surface area (Å²) in [5, 5.41) is 0. The lowest BCUT2D eigenvalue weighted by atomic mass is 9.92. The van der Waals surface area contributed by atoms with Crippen molar-refractivity contribution in [3.63, 3.8) is 0 Å². The van der Waals surface area contributed by atoms with Crippen LogP contribution in [-0.2, 0) is 9.53 Å². The molecule has 1 aliphatic heterocycles. The van der Waals surface area contributed by atoms with Gasteiger partial charge in [0.15, 0.2) is 0 Å². The van der Waals surface area contributed by atoms with Gasteiger partial charge in [-0.2, -0.15) is 0 Å². The zero-order valence-corrected chi connectivity index (χ0v) is 10.0. The van der Waals surface area contributed by atoms with Gasteiger partial charge >= 0.3 is 0 Å². The number of carbonyl (C=O) groups excluding carboxylic acids is 1. The number of primary amides is 1. The number of rotatable bonds is 2. The zero-order valence-electron chi connectivity index (χ0n) is 10.0. The van der Waals surface area contributed by atoms with Crippen LogP contribution in [0.4, 0.5) is 0 Å². The van der Waals surface area contributed by atoms with Gasteiger partial charge in [-0.25, -0.2) is 0 Å². The van der Waals surface area contributed by atoms with Crippen LogP contribution < -0.4 is 5.73 Å². The van der Waals surface area contributed by atoms with Crippen LogP contribution in [0.25, 0.3) is 0 Å². The molecule has 1 heterocycles. The lowest BCUT2D eigenvalue weighted by Crippen LogP contribution is -2.56. The maximum atomic E-state index is 11.2. The van der Waals surface area contributed by atoms with Crippen molar-refractivity contribution in [2.45, 2.75) is 57.2 Å². The molecule has 0 aromatic heterocycles. The first-order valence-electron chi connectivity index (χ1n) is 6.35. The zero-order chi connectivity index (χ0) is 11.5. The largest absolute Gasteiger partial charge is 0.367 e. The van der Waals surface area contributed by atoms with E-state index in [1.165, 1.54) is 32.1 Å². The third-order valence-electron chi connectivity index (χ3n) is 3.84. The van der Waals surface area contributed by atoms with Crippen LogP contribution in [0.1, 0.15) is 39.0 Å². The Hall–Kier alpha value is -0.610. The van der Waals surface area contributed by atoms with E-state index in [0.717, 1.165) is 0 Å². The van der Waals surface area contributed by atoms with Crippen molar-refractivity contribution >= 4 is 5.91 Å². The van der Waals surface area contributed by atoms with Gasteiger partial charge in [0.05, 0.1) is 6.61 Å². The summed E-state index contributed by atoms with van der Waals surface area (Å²) in [6, 6.07) is 1.05. The van der Waals surface area contributed by atoms with E-state index in [1.807, 2.05) is 0 Å². The summed E-state index contributed by atoms with van der Waals surface area (Å²) in [6.07, 6.45) is 6.10. The smallest absolute Gasteiger partial charge is 0.247 e. The Morgan fingerprint density at radius 1 is 1.31 bits per heavy atom. The Kier molecular flexibility index (Phi) is 3.82. The molecule has 1 aliphatic carbocycles. The van der Waals surface area contributed by atoms with E-state index in [2.05, 4.69) is 11.8 Å². The Balaban J connectivity index is 1.97. The molecule has 4 heteroatoms. The predicted octanol–water partition coefficient (Wildman–Crippen LogP) is 0.894. The van der Waals surface area contributed by atoms with Crippen molar-refractivity contribution < 1.29 is 9.53 Å². The van der Waals surface area contributed by atoms with E-state index in [9.17, 15) is 4.79 Å². The highest BCUT2D eigenvalue weighted by molar-refractivity contribution is 5.79. The van der Waals surface area contributed by atoms with E-state index in [0.29, 0.717) is 25.2 Å². The maximum Gasteiger partial charge on any atom is 0.247 e. The molecule has 2 fully saturated rings. The van der Waals surface area contributed by atoms with Gasteiger partial charge < -0.3 is 10.5 Å². The second kappa shape index (κ2) is 5.15. The summed E-state index contributed by atoms with van der Waals surface area (Å²) in [5.41, 5.74) is 5.31. The molecule has 4 nitrogen and oxygen atoms in total. The molecule has 0 radical (unpaired) electrons. The van der Waals surface area contributed by atoms with Crippen molar-refractivity contribution in [3.05, 3.63) is 0 Å². The van der Waals surface area contributed by atoms with E-state index in [-0.39, 0.29) is 5.91 Å². The average Bonchev–Trinajstić information content (AvgIpc) is 2.30. The van der Waals surface area contributed by atoms with Crippen molar-refractivity contribution in [2.24, 2.45) is 5.73 Å². The molecule has 0 aromatic rings. The molecule has 2 rings (SSSR count). The summed E-state index contributed by atoms with van der Waals surface area (Å²) in [7, 11) is 0. The molecule has 2 atom stereocenters. The number of ether oxygens (including phenoxy) is 1. The van der Waals surface area contributed by atoms with Crippen molar-refractivity contribution in [1.82, 2.24) is 4.90 Å². The van der Waals surface area contributed by atoms with Gasteiger partial charge in [-0.3, -0.25) is 9.69 Å². The minimum absolute atomic E-state index is 0.326. The number of hydrogen-bond donors (Lipinski definition) is 1. The third-order valence-corrected chi connectivity index (χ3v) is 3.84. The fourth-order valence-electron chi connectivity index (χ4n) is 2.87. The first-order chi connectivity index (χ1) is 7.68. The third kappa shape index (κ3) is 2.55. The molecule has 2 N–H and O–H groups in total. The molecule has 1 saturated heterocycles. The highest BCUT2D eigenvalue weighted by Gasteiger charge is 2.33. The van der Waals surface area contributed by atoms with Gasteiger partial charge in [0.2, 0.25) is 5.91 Å². The van der Waals surface area contributed by atoms with Crippen LogP contribution in [-0.4, -0.2) is 42.1 Å². The number of nitrogens with zero attached hydrogens (tertiary/aromatic N) is 1. The topological polar surface area (TPSA) is 55.6 Å². The lowest BCUT2D eigenvalue weighted by molar-refractivity contribution is -0.141. The Bertz CT molecular complexity index is 251. The molecular formula is C12H22N2O2. The minimum Gasteiger partial charge on any atom is -0.367 e. The van der Waals surface area contributed by atoms with Gasteiger partial charge in [-0.1, -0.05) is 19.3 Å². The number of hydrogen-bond acceptors (Lipinski definition) is 3. The lowest BCUT2D eigenvalue weighted by Gasteiger charge is -2.43. The van der Waals surface area contributed by atoms with Gasteiger partial charge in [-0.15, -0.1) is 0 Å². The molecule has 1 saturated carbocycles. The van der Waals surface area contributed by atoms with E-state index < -0.39 is 6.10 Å². The van der Waals surface area contributed by atoms with Crippen molar-refractivity contribution in [2.75, 3.05) is 13.2 Å². The van der Waals surface area contributed by atoms with E-state index >= 15 is 0 Å². The molecule has 2 unspecified atom stereocenters. The van der Waals surface area contributed by atoms with Gasteiger partial charge in [0.25, 0.3) is 0 Å². The van der Waals surface area contributed by atoms with E-state index in [1.54, 1.807) is 0 Å². The molecule has 0 aromatic carbocycles. The number of morpholine rings is 1. The quantitative estimate of drug-likeness (QED) is 0.761. The fraction of sp³-hybridized carbons (Fsp3) is 0.917. The van der Waals surface area contributed by atoms with Gasteiger partial charge in [-0.05, 0) is 19.8 Å². The van der Waals surface area contributed by atoms with Crippen LogP contribution in [0.2, 0.25) is 0 Å². The summed E-state index contributed by atoms with van der Waals surface area (Å²) in [4.78, 5) is 13.6. The summed E-state index contributed by atoms with van der Waals surface area (Å²) < 4.78 is 5.46. The highest BCUT2D eigenvalue weighted by Crippen LogP contribution is 2.26. The van der Waals surface area contributed by atoms with Crippen LogP contribution in [0.15, 0.2) is 0 Å². The SMILES string of the molecule is CC1COC(C(N)=O)CN1C1CCCCC1. The molecule has 1 amide bonds. The first-order valence-corrected chi connectivity index (χ1v) is 6.35. The second-order valence-electron chi connectivity index (χ2n) is 5.06. The predicted molar refractivity (Wildman–Crippen MR) is 62.0 cm³/mol. The number of amides is 1. The van der Waals surface area contributed by atoms with Gasteiger partial charge in [0.1, 0.15) is 6.10 Å². The number of carbonyl (C=O) groups is 1. The second-order valence-corrected chi connectivity index (χ2v) is 5.06. The first kappa shape index (κ1) is 11.9. The fourth-order valence-corrected chi connectivity index (χ4v) is 2.87. The summed E-state index contributed by atoms with van der Waals surface area (Å²) >= 11 is 0. The normalized spacial score (nSPS) is 33.8. The van der Waals surface area contributed by atoms with Crippen molar-refractivity contribution in [3.8, 4) is 0 Å². The molecule has 0 bridgehead atoms. The molecular weight excluding hydrogens is 204 g/mol. The van der Waals surface area contributed by atoms with Crippen molar-refractivity contribution in [1.29, 1.82) is 0 Å². The van der Waals surface area contributed by atoms with Crippen LogP contribution in [0, 0.1) is 0 Å². The molecule has 0 spiro atoms. The molecule has 16 heavy (non-hydrogen) atoms. The van der Waals surface area contributed by atoms with Crippen LogP contribution in [0.3, 0.4) is 0 Å². The minimum atomic E-state index is -0.405. The standard InChI is InChI=1S/C12H22N2O2/c1-9-8-16-11(12(13)15)7-14(9)10-5-3-2-4-6-10/h9-11H,2-8H2,1H3,(H2,13,15). The summed E-state index contributed by atoms with van der Waals surface area (Å²) in [5.74, 6) is -0.326. The van der Waals surface area contributed by atoms with E-state index in [4.69, 9.17) is 10.5 Å². The number of nitrogens with two attached hydrogens (primary N) is 1. The summed E-state index contributed by atoms with van der Waals surface area (Å²) in [6.45, 7) is 3.48. The van der Waals surface area contributed by atoms with Crippen LogP contribution in [0.5, 0.6) is 0 Å². The Morgan fingerprint density at radius 2 is 2.00 bits per heavy atom. The van der Waals surface area contributed by atoms with Gasteiger partial charge in [0, 0.05) is 18.6 Å². The van der Waals surface area contributed by atoms with Crippen LogP contribution >= 0.6 is 0 Å². The highest BCUT2D eigenvalue weighted by atomic mass is 16.5. The maximum absolute atomic E-state index is 11.2.